The molecule has 1 aliphatic heterocycles. The van der Waals surface area contributed by atoms with Gasteiger partial charge in [0.05, 0.1) is 0 Å². The van der Waals surface area contributed by atoms with Crippen molar-refractivity contribution < 1.29 is 9.53 Å². The molecule has 1 atom stereocenters. The average molecular weight is 256 g/mol. The van der Waals surface area contributed by atoms with Gasteiger partial charge in [-0.15, -0.1) is 0 Å². The van der Waals surface area contributed by atoms with Crippen LogP contribution >= 0.6 is 0 Å². The monoisotopic (exact) mass is 256 g/mol. The van der Waals surface area contributed by atoms with Gasteiger partial charge >= 0.3 is 0 Å². The van der Waals surface area contributed by atoms with Crippen molar-refractivity contribution in [2.75, 3.05) is 11.9 Å². The van der Waals surface area contributed by atoms with Crippen LogP contribution in [-0.2, 0) is 9.53 Å². The van der Waals surface area contributed by atoms with Crippen LogP contribution in [0, 0.1) is 0 Å². The molecule has 19 heavy (non-hydrogen) atoms. The lowest BCUT2D eigenvalue weighted by molar-refractivity contribution is -0.124. The Morgan fingerprint density at radius 3 is 2.84 bits per heavy atom. The molecule has 1 N–H and O–H groups in total. The highest BCUT2D eigenvalue weighted by Crippen LogP contribution is 2.18. The molecule has 2 aromatic rings. The van der Waals surface area contributed by atoms with Crippen molar-refractivity contribution in [1.29, 1.82) is 0 Å². The van der Waals surface area contributed by atoms with Crippen LogP contribution in [0.2, 0.25) is 0 Å². The molecule has 1 aliphatic rings. The first kappa shape index (κ1) is 12.0. The van der Waals surface area contributed by atoms with E-state index in [4.69, 9.17) is 4.74 Å². The van der Waals surface area contributed by atoms with Gasteiger partial charge < -0.3 is 14.6 Å². The van der Waals surface area contributed by atoms with Gasteiger partial charge in [0.15, 0.2) is 0 Å². The summed E-state index contributed by atoms with van der Waals surface area (Å²) >= 11 is 0. The summed E-state index contributed by atoms with van der Waals surface area (Å²) in [6.45, 7) is 0.682. The Bertz CT molecular complexity index is 557. The van der Waals surface area contributed by atoms with Crippen molar-refractivity contribution in [3.63, 3.8) is 0 Å². The Kier molecular flexibility index (Phi) is 3.33. The molecule has 4 heteroatoms. The van der Waals surface area contributed by atoms with Crippen molar-refractivity contribution in [2.45, 2.75) is 18.9 Å². The van der Waals surface area contributed by atoms with Crippen LogP contribution in [0.25, 0.3) is 5.69 Å². The lowest BCUT2D eigenvalue weighted by Crippen LogP contribution is -2.26. The van der Waals surface area contributed by atoms with E-state index < -0.39 is 0 Å². The minimum absolute atomic E-state index is 0.0536. The minimum atomic E-state index is -0.296. The summed E-state index contributed by atoms with van der Waals surface area (Å²) in [6, 6.07) is 11.7. The van der Waals surface area contributed by atoms with Crippen LogP contribution in [0.4, 0.5) is 5.69 Å². The molecule has 1 aromatic carbocycles. The van der Waals surface area contributed by atoms with Crippen LogP contribution < -0.4 is 5.32 Å². The number of hydrogen-bond donors (Lipinski definition) is 1. The van der Waals surface area contributed by atoms with Gasteiger partial charge in [0.1, 0.15) is 6.10 Å². The highest BCUT2D eigenvalue weighted by atomic mass is 16.5. The van der Waals surface area contributed by atoms with Gasteiger partial charge in [0.2, 0.25) is 0 Å². The van der Waals surface area contributed by atoms with Crippen LogP contribution in [0.5, 0.6) is 0 Å². The van der Waals surface area contributed by atoms with Crippen molar-refractivity contribution in [1.82, 2.24) is 4.57 Å². The third-order valence-corrected chi connectivity index (χ3v) is 3.24. The first-order valence-corrected chi connectivity index (χ1v) is 6.49. The fourth-order valence-corrected chi connectivity index (χ4v) is 2.26. The van der Waals surface area contributed by atoms with E-state index in [0.717, 1.165) is 24.2 Å². The second-order valence-electron chi connectivity index (χ2n) is 4.63. The summed E-state index contributed by atoms with van der Waals surface area (Å²) in [5.74, 6) is -0.0536. The predicted octanol–water partition coefficient (Wildman–Crippen LogP) is 2.59. The Morgan fingerprint density at radius 1 is 1.26 bits per heavy atom. The molecule has 1 unspecified atom stereocenters. The van der Waals surface area contributed by atoms with E-state index >= 15 is 0 Å². The molecule has 2 heterocycles. The zero-order chi connectivity index (χ0) is 13.1. The third kappa shape index (κ3) is 2.69. The second kappa shape index (κ2) is 5.28. The Hall–Kier alpha value is -2.07. The van der Waals surface area contributed by atoms with E-state index in [9.17, 15) is 4.79 Å². The largest absolute Gasteiger partial charge is 0.368 e. The number of rotatable bonds is 3. The molecule has 1 saturated heterocycles. The fourth-order valence-electron chi connectivity index (χ4n) is 2.26. The highest BCUT2D eigenvalue weighted by molar-refractivity contribution is 5.94. The average Bonchev–Trinajstić information content (AvgIpc) is 3.13. The van der Waals surface area contributed by atoms with Gasteiger partial charge in [-0.1, -0.05) is 6.07 Å². The molecule has 0 saturated carbocycles. The zero-order valence-corrected chi connectivity index (χ0v) is 10.6. The number of ether oxygens (including phenoxy) is 1. The number of anilines is 1. The number of amides is 1. The summed E-state index contributed by atoms with van der Waals surface area (Å²) in [7, 11) is 0. The van der Waals surface area contributed by atoms with Crippen molar-refractivity contribution >= 4 is 11.6 Å². The van der Waals surface area contributed by atoms with Gasteiger partial charge in [-0.2, -0.15) is 0 Å². The standard InChI is InChI=1S/C15H16N2O2/c18-15(14-7-4-10-19-14)16-12-5-3-6-13(11-12)17-8-1-2-9-17/h1-3,5-6,8-9,11,14H,4,7,10H2,(H,16,18). The van der Waals surface area contributed by atoms with Crippen LogP contribution in [-0.4, -0.2) is 23.2 Å². The number of hydrogen-bond acceptors (Lipinski definition) is 2. The van der Waals surface area contributed by atoms with Gasteiger partial charge in [0.25, 0.3) is 5.91 Å². The maximum absolute atomic E-state index is 12.0. The number of nitrogens with one attached hydrogen (secondary N) is 1. The molecule has 4 nitrogen and oxygen atoms in total. The summed E-state index contributed by atoms with van der Waals surface area (Å²) in [5.41, 5.74) is 1.82. The second-order valence-corrected chi connectivity index (χ2v) is 4.63. The number of benzene rings is 1. The minimum Gasteiger partial charge on any atom is -0.368 e. The lowest BCUT2D eigenvalue weighted by atomic mass is 10.2. The number of carbonyl (C=O) groups excluding carboxylic acids is 1. The van der Waals surface area contributed by atoms with E-state index in [-0.39, 0.29) is 12.0 Å². The van der Waals surface area contributed by atoms with Crippen molar-refractivity contribution in [2.24, 2.45) is 0 Å². The molecule has 0 radical (unpaired) electrons. The van der Waals surface area contributed by atoms with E-state index in [1.54, 1.807) is 0 Å². The van der Waals surface area contributed by atoms with Gasteiger partial charge in [-0.05, 0) is 43.2 Å². The fraction of sp³-hybridized carbons (Fsp3) is 0.267. The summed E-state index contributed by atoms with van der Waals surface area (Å²) in [4.78, 5) is 12.0. The van der Waals surface area contributed by atoms with Gasteiger partial charge in [-0.3, -0.25) is 4.79 Å². The number of nitrogens with zero attached hydrogens (tertiary/aromatic N) is 1. The van der Waals surface area contributed by atoms with Gasteiger partial charge in [0, 0.05) is 30.4 Å². The normalized spacial score (nSPS) is 18.4. The molecule has 1 fully saturated rings. The van der Waals surface area contributed by atoms with Crippen molar-refractivity contribution in [3.05, 3.63) is 48.8 Å². The lowest BCUT2D eigenvalue weighted by Gasteiger charge is -2.11. The van der Waals surface area contributed by atoms with E-state index in [1.165, 1.54) is 0 Å². The quantitative estimate of drug-likeness (QED) is 0.917. The van der Waals surface area contributed by atoms with Crippen molar-refractivity contribution in [3.8, 4) is 5.69 Å². The van der Waals surface area contributed by atoms with E-state index in [2.05, 4.69) is 5.32 Å². The molecule has 0 aliphatic carbocycles. The predicted molar refractivity (Wildman–Crippen MR) is 73.4 cm³/mol. The number of carbonyl (C=O) groups is 1. The SMILES string of the molecule is O=C(Nc1cccc(-n2cccc2)c1)C1CCCO1. The Balaban J connectivity index is 1.74. The third-order valence-electron chi connectivity index (χ3n) is 3.24. The molecule has 3 rings (SSSR count). The first-order valence-electron chi connectivity index (χ1n) is 6.49. The van der Waals surface area contributed by atoms with Crippen LogP contribution in [0.1, 0.15) is 12.8 Å². The highest BCUT2D eigenvalue weighted by Gasteiger charge is 2.23. The van der Waals surface area contributed by atoms with E-state index in [1.807, 2.05) is 53.4 Å². The molecule has 1 amide bonds. The first-order chi connectivity index (χ1) is 9.33. The zero-order valence-electron chi connectivity index (χ0n) is 10.6. The van der Waals surface area contributed by atoms with Gasteiger partial charge in [-0.25, -0.2) is 0 Å². The Labute approximate surface area is 112 Å². The molecule has 0 spiro atoms. The molecule has 98 valence electrons. The Morgan fingerprint density at radius 2 is 2.11 bits per heavy atom. The summed E-state index contributed by atoms with van der Waals surface area (Å²) in [6.07, 6.45) is 5.42. The number of aromatic nitrogens is 1. The maximum Gasteiger partial charge on any atom is 0.253 e. The van der Waals surface area contributed by atoms with Crippen LogP contribution in [0.15, 0.2) is 48.8 Å². The molecular weight excluding hydrogens is 240 g/mol. The molecule has 1 aromatic heterocycles. The molecule has 0 bridgehead atoms. The molecular formula is C15H16N2O2. The van der Waals surface area contributed by atoms with E-state index in [0.29, 0.717) is 6.61 Å². The van der Waals surface area contributed by atoms with Crippen LogP contribution in [0.3, 0.4) is 0 Å². The smallest absolute Gasteiger partial charge is 0.253 e. The summed E-state index contributed by atoms with van der Waals surface area (Å²) in [5, 5.41) is 2.91. The maximum atomic E-state index is 12.0. The topological polar surface area (TPSA) is 43.3 Å². The summed E-state index contributed by atoms with van der Waals surface area (Å²) < 4.78 is 7.37.